The molecule has 9 heteroatoms. The fraction of sp³-hybridized carbons (Fsp3) is 0.250. The van der Waals surface area contributed by atoms with Gasteiger partial charge in [0, 0.05) is 18.5 Å². The maximum Gasteiger partial charge on any atom is 0.290 e. The summed E-state index contributed by atoms with van der Waals surface area (Å²) < 4.78 is 22.9. The predicted molar refractivity (Wildman–Crippen MR) is 154 cm³/mol. The standard InChI is InChI=1S/C32H32N2O7/c1-33(2)15-16-34-28(21-13-14-23(25(17-21)39-4)40-19-20-9-6-5-7-10-20)27(30(36)32(34)37)29(35)26-18-22-11-8-12-24(38-3)31(22)41-26/h5-14,17-18,28,36H,15-16,19H2,1-4H3. The van der Waals surface area contributed by atoms with Crippen LogP contribution in [0.25, 0.3) is 11.0 Å². The number of nitrogens with zero attached hydrogens (tertiary/aromatic N) is 2. The predicted octanol–water partition coefficient (Wildman–Crippen LogP) is 5.17. The van der Waals surface area contributed by atoms with Gasteiger partial charge in [0.25, 0.3) is 5.91 Å². The van der Waals surface area contributed by atoms with Gasteiger partial charge in [-0.2, -0.15) is 0 Å². The number of furan rings is 1. The molecule has 3 aromatic carbocycles. The number of hydrogen-bond donors (Lipinski definition) is 1. The molecule has 0 radical (unpaired) electrons. The monoisotopic (exact) mass is 556 g/mol. The molecule has 1 amide bonds. The van der Waals surface area contributed by atoms with Crippen LogP contribution >= 0.6 is 0 Å². The van der Waals surface area contributed by atoms with E-state index in [0.29, 0.717) is 46.9 Å². The lowest BCUT2D eigenvalue weighted by Gasteiger charge is -2.28. The van der Waals surface area contributed by atoms with Crippen LogP contribution in [0, 0.1) is 0 Å². The Labute approximate surface area is 238 Å². The second-order valence-electron chi connectivity index (χ2n) is 9.97. The molecule has 4 aromatic rings. The first-order chi connectivity index (χ1) is 19.8. The summed E-state index contributed by atoms with van der Waals surface area (Å²) in [4.78, 5) is 30.7. The van der Waals surface area contributed by atoms with Gasteiger partial charge in [0.1, 0.15) is 6.61 Å². The van der Waals surface area contributed by atoms with Crippen molar-refractivity contribution < 1.29 is 33.3 Å². The zero-order valence-corrected chi connectivity index (χ0v) is 23.4. The molecule has 212 valence electrons. The fourth-order valence-electron chi connectivity index (χ4n) is 4.92. The number of fused-ring (bicyclic) bond motifs is 1. The number of aliphatic hydroxyl groups excluding tert-OH is 1. The molecule has 0 bridgehead atoms. The number of Topliss-reactive ketones (excluding diaryl/α,β-unsaturated/α-hetero) is 1. The molecule has 1 atom stereocenters. The molecule has 0 saturated heterocycles. The van der Waals surface area contributed by atoms with E-state index >= 15 is 0 Å². The second-order valence-corrected chi connectivity index (χ2v) is 9.97. The van der Waals surface area contributed by atoms with Crippen molar-refractivity contribution in [3.05, 3.63) is 101 Å². The van der Waals surface area contributed by atoms with Gasteiger partial charge in [-0.25, -0.2) is 0 Å². The molecule has 2 heterocycles. The maximum absolute atomic E-state index is 13.9. The van der Waals surface area contributed by atoms with Crippen molar-refractivity contribution in [2.24, 2.45) is 0 Å². The minimum absolute atomic E-state index is 0.00640. The van der Waals surface area contributed by atoms with Crippen molar-refractivity contribution >= 4 is 22.7 Å². The van der Waals surface area contributed by atoms with Crippen LogP contribution in [0.1, 0.15) is 27.7 Å². The number of amides is 1. The van der Waals surface area contributed by atoms with Crippen LogP contribution in [0.4, 0.5) is 0 Å². The smallest absolute Gasteiger partial charge is 0.290 e. The molecule has 1 aliphatic heterocycles. The molecule has 1 aromatic heterocycles. The van der Waals surface area contributed by atoms with E-state index in [1.807, 2.05) is 49.3 Å². The summed E-state index contributed by atoms with van der Waals surface area (Å²) in [5.74, 6) is -0.406. The number of hydrogen-bond acceptors (Lipinski definition) is 8. The Morgan fingerprint density at radius 3 is 2.41 bits per heavy atom. The SMILES string of the molecule is COc1cc(C2C(C(=O)c3cc4cccc(OC)c4o3)=C(O)C(=O)N2CCN(C)C)ccc1OCc1ccccc1. The Morgan fingerprint density at radius 1 is 0.951 bits per heavy atom. The third-order valence-corrected chi connectivity index (χ3v) is 7.03. The number of rotatable bonds is 11. The largest absolute Gasteiger partial charge is 0.503 e. The number of aliphatic hydroxyl groups is 1. The molecule has 41 heavy (non-hydrogen) atoms. The number of para-hydroxylation sites is 1. The molecule has 1 unspecified atom stereocenters. The fourth-order valence-corrected chi connectivity index (χ4v) is 4.92. The van der Waals surface area contributed by atoms with Crippen molar-refractivity contribution in [1.29, 1.82) is 0 Å². The number of ether oxygens (including phenoxy) is 3. The summed E-state index contributed by atoms with van der Waals surface area (Å²) in [5, 5.41) is 11.7. The molecule has 0 aliphatic carbocycles. The summed E-state index contributed by atoms with van der Waals surface area (Å²) in [6.45, 7) is 1.14. The average molecular weight is 557 g/mol. The maximum atomic E-state index is 13.9. The van der Waals surface area contributed by atoms with Crippen LogP contribution in [-0.4, -0.2) is 68.0 Å². The van der Waals surface area contributed by atoms with Crippen LogP contribution < -0.4 is 14.2 Å². The summed E-state index contributed by atoms with van der Waals surface area (Å²) in [7, 11) is 6.82. The highest BCUT2D eigenvalue weighted by Crippen LogP contribution is 2.42. The van der Waals surface area contributed by atoms with Crippen LogP contribution in [-0.2, 0) is 11.4 Å². The minimum atomic E-state index is -0.873. The van der Waals surface area contributed by atoms with Gasteiger partial charge in [0.15, 0.2) is 34.4 Å². The molecule has 1 N–H and O–H groups in total. The van der Waals surface area contributed by atoms with Crippen LogP contribution in [0.3, 0.4) is 0 Å². The van der Waals surface area contributed by atoms with E-state index in [1.165, 1.54) is 19.1 Å². The average Bonchev–Trinajstić information content (AvgIpc) is 3.54. The Bertz CT molecular complexity index is 1610. The van der Waals surface area contributed by atoms with Gasteiger partial charge in [0.05, 0.1) is 25.8 Å². The molecule has 0 fully saturated rings. The highest BCUT2D eigenvalue weighted by atomic mass is 16.5. The summed E-state index contributed by atoms with van der Waals surface area (Å²) in [5.41, 5.74) is 1.93. The van der Waals surface area contributed by atoms with Gasteiger partial charge in [0.2, 0.25) is 5.78 Å². The van der Waals surface area contributed by atoms with Crippen molar-refractivity contribution in [2.75, 3.05) is 41.4 Å². The number of carbonyl (C=O) groups excluding carboxylic acids is 2. The quantitative estimate of drug-likeness (QED) is 0.253. The number of carbonyl (C=O) groups is 2. The third-order valence-electron chi connectivity index (χ3n) is 7.03. The van der Waals surface area contributed by atoms with Gasteiger partial charge < -0.3 is 33.5 Å². The molecule has 1 aliphatic rings. The first-order valence-corrected chi connectivity index (χ1v) is 13.2. The third kappa shape index (κ3) is 5.49. The molecule has 9 nitrogen and oxygen atoms in total. The van der Waals surface area contributed by atoms with Crippen LogP contribution in [0.5, 0.6) is 17.2 Å². The first-order valence-electron chi connectivity index (χ1n) is 13.2. The van der Waals surface area contributed by atoms with E-state index in [9.17, 15) is 14.7 Å². The van der Waals surface area contributed by atoms with Crippen molar-refractivity contribution in [1.82, 2.24) is 9.80 Å². The molecule has 0 spiro atoms. The number of methoxy groups -OCH3 is 2. The normalized spacial score (nSPS) is 15.2. The van der Waals surface area contributed by atoms with E-state index in [0.717, 1.165) is 5.56 Å². The Balaban J connectivity index is 1.53. The van der Waals surface area contributed by atoms with Gasteiger partial charge in [-0.3, -0.25) is 9.59 Å². The highest BCUT2D eigenvalue weighted by molar-refractivity contribution is 6.16. The van der Waals surface area contributed by atoms with E-state index in [4.69, 9.17) is 18.6 Å². The lowest BCUT2D eigenvalue weighted by molar-refractivity contribution is -0.129. The summed E-state index contributed by atoms with van der Waals surface area (Å²) in [6.07, 6.45) is 0. The number of ketones is 1. The number of likely N-dealkylation sites (N-methyl/N-ethyl adjacent to an activating group) is 1. The van der Waals surface area contributed by atoms with Gasteiger partial charge in [-0.05, 0) is 49.5 Å². The molecule has 0 saturated carbocycles. The molecular formula is C32H32N2O7. The van der Waals surface area contributed by atoms with Gasteiger partial charge in [-0.1, -0.05) is 48.5 Å². The van der Waals surface area contributed by atoms with E-state index in [1.54, 1.807) is 42.5 Å². The Kier molecular flexibility index (Phi) is 7.98. The molecular weight excluding hydrogens is 524 g/mol. The highest BCUT2D eigenvalue weighted by Gasteiger charge is 2.44. The van der Waals surface area contributed by atoms with E-state index < -0.39 is 23.5 Å². The van der Waals surface area contributed by atoms with Crippen molar-refractivity contribution in [3.63, 3.8) is 0 Å². The minimum Gasteiger partial charge on any atom is -0.503 e. The first kappa shape index (κ1) is 27.8. The Hall–Kier alpha value is -4.76. The lowest BCUT2D eigenvalue weighted by Crippen LogP contribution is -2.36. The summed E-state index contributed by atoms with van der Waals surface area (Å²) >= 11 is 0. The van der Waals surface area contributed by atoms with E-state index in [-0.39, 0.29) is 17.9 Å². The topological polar surface area (TPSA) is 102 Å². The van der Waals surface area contributed by atoms with E-state index in [2.05, 4.69) is 0 Å². The summed E-state index contributed by atoms with van der Waals surface area (Å²) in [6, 6.07) is 21.0. The molecule has 5 rings (SSSR count). The zero-order chi connectivity index (χ0) is 29.1. The van der Waals surface area contributed by atoms with Gasteiger partial charge in [-0.15, -0.1) is 0 Å². The lowest BCUT2D eigenvalue weighted by atomic mass is 9.94. The second kappa shape index (κ2) is 11.8. The van der Waals surface area contributed by atoms with Crippen molar-refractivity contribution in [2.45, 2.75) is 12.6 Å². The van der Waals surface area contributed by atoms with Gasteiger partial charge >= 0.3 is 0 Å². The van der Waals surface area contributed by atoms with Crippen molar-refractivity contribution in [3.8, 4) is 17.2 Å². The zero-order valence-electron chi connectivity index (χ0n) is 23.4. The van der Waals surface area contributed by atoms with Crippen LogP contribution in [0.15, 0.2) is 88.5 Å². The van der Waals surface area contributed by atoms with Crippen LogP contribution in [0.2, 0.25) is 0 Å². The number of benzene rings is 3. The Morgan fingerprint density at radius 2 is 1.71 bits per heavy atom.